The summed E-state index contributed by atoms with van der Waals surface area (Å²) >= 11 is 17.0. The van der Waals surface area contributed by atoms with Crippen LogP contribution in [-0.2, 0) is 0 Å². The number of aryl methyl sites for hydroxylation is 1. The van der Waals surface area contributed by atoms with Crippen LogP contribution >= 0.6 is 35.4 Å². The topological polar surface area (TPSA) is 35.2 Å². The average Bonchev–Trinajstić information content (AvgIpc) is 2.33. The molecule has 0 amide bonds. The van der Waals surface area contributed by atoms with E-state index >= 15 is 0 Å². The second kappa shape index (κ2) is 5.78. The number of rotatable bonds is 3. The molecule has 0 fully saturated rings. The molecule has 2 aromatic carbocycles. The summed E-state index contributed by atoms with van der Waals surface area (Å²) in [5.41, 5.74) is 7.32. The maximum absolute atomic E-state index is 6.10. The molecule has 0 saturated carbocycles. The molecule has 98 valence electrons. The van der Waals surface area contributed by atoms with Crippen LogP contribution in [0.2, 0.25) is 10.0 Å². The molecular formula is C14H11Cl2NOS. The average molecular weight is 312 g/mol. The van der Waals surface area contributed by atoms with Gasteiger partial charge in [-0.15, -0.1) is 0 Å². The Labute approximate surface area is 127 Å². The van der Waals surface area contributed by atoms with Crippen molar-refractivity contribution in [3.63, 3.8) is 0 Å². The Morgan fingerprint density at radius 2 is 1.84 bits per heavy atom. The molecule has 0 bridgehead atoms. The van der Waals surface area contributed by atoms with Gasteiger partial charge in [0.05, 0.1) is 10.6 Å². The highest BCUT2D eigenvalue weighted by atomic mass is 35.5. The van der Waals surface area contributed by atoms with Crippen molar-refractivity contribution in [1.82, 2.24) is 0 Å². The van der Waals surface area contributed by atoms with Crippen LogP contribution in [0.25, 0.3) is 0 Å². The van der Waals surface area contributed by atoms with Gasteiger partial charge in [-0.2, -0.15) is 0 Å². The minimum atomic E-state index is 0.246. The number of hydrogen-bond donors (Lipinski definition) is 1. The molecular weight excluding hydrogens is 301 g/mol. The number of benzene rings is 2. The van der Waals surface area contributed by atoms with Gasteiger partial charge in [-0.3, -0.25) is 0 Å². The Morgan fingerprint density at radius 1 is 1.11 bits per heavy atom. The van der Waals surface area contributed by atoms with E-state index in [9.17, 15) is 0 Å². The zero-order chi connectivity index (χ0) is 14.0. The minimum Gasteiger partial charge on any atom is -0.455 e. The molecule has 0 unspecified atom stereocenters. The highest BCUT2D eigenvalue weighted by molar-refractivity contribution is 7.80. The molecule has 0 heterocycles. The van der Waals surface area contributed by atoms with Crippen molar-refractivity contribution >= 4 is 40.4 Å². The van der Waals surface area contributed by atoms with Gasteiger partial charge in [0.25, 0.3) is 0 Å². The maximum atomic E-state index is 6.10. The monoisotopic (exact) mass is 311 g/mol. The fourth-order valence-corrected chi connectivity index (χ4v) is 2.08. The van der Waals surface area contributed by atoms with Crippen molar-refractivity contribution < 1.29 is 4.74 Å². The van der Waals surface area contributed by atoms with Crippen molar-refractivity contribution in [2.45, 2.75) is 6.92 Å². The zero-order valence-electron chi connectivity index (χ0n) is 10.1. The third kappa shape index (κ3) is 3.38. The second-order valence-electron chi connectivity index (χ2n) is 4.04. The van der Waals surface area contributed by atoms with Crippen LogP contribution in [0.1, 0.15) is 11.1 Å². The van der Waals surface area contributed by atoms with Gasteiger partial charge in [-0.25, -0.2) is 0 Å². The molecule has 0 aromatic heterocycles. The smallest absolute Gasteiger partial charge is 0.146 e. The number of hydrogen-bond acceptors (Lipinski definition) is 2. The Hall–Kier alpha value is -1.29. The largest absolute Gasteiger partial charge is 0.455 e. The van der Waals surface area contributed by atoms with E-state index in [0.29, 0.717) is 27.1 Å². The zero-order valence-corrected chi connectivity index (χ0v) is 12.4. The summed E-state index contributed by atoms with van der Waals surface area (Å²) in [5.74, 6) is 1.04. The van der Waals surface area contributed by atoms with Gasteiger partial charge in [-0.05, 0) is 36.8 Å². The molecule has 0 saturated heterocycles. The van der Waals surface area contributed by atoms with E-state index in [2.05, 4.69) is 0 Å². The third-order valence-corrected chi connectivity index (χ3v) is 3.28. The third-order valence-electron chi connectivity index (χ3n) is 2.52. The minimum absolute atomic E-state index is 0.246. The Morgan fingerprint density at radius 3 is 2.53 bits per heavy atom. The molecule has 2 N–H and O–H groups in total. The van der Waals surface area contributed by atoms with Gasteiger partial charge >= 0.3 is 0 Å². The van der Waals surface area contributed by atoms with E-state index < -0.39 is 0 Å². The molecule has 2 rings (SSSR count). The summed E-state index contributed by atoms with van der Waals surface area (Å²) in [6, 6.07) is 10.6. The van der Waals surface area contributed by atoms with E-state index in [0.717, 1.165) is 5.56 Å². The first-order chi connectivity index (χ1) is 8.97. The van der Waals surface area contributed by atoms with Gasteiger partial charge in [0.2, 0.25) is 0 Å². The van der Waals surface area contributed by atoms with E-state index in [1.54, 1.807) is 24.3 Å². The Kier molecular flexibility index (Phi) is 4.30. The fourth-order valence-electron chi connectivity index (χ4n) is 1.59. The van der Waals surface area contributed by atoms with Gasteiger partial charge in [-0.1, -0.05) is 41.5 Å². The molecule has 2 aromatic rings. The molecule has 0 radical (unpaired) electrons. The van der Waals surface area contributed by atoms with Crippen LogP contribution in [0.3, 0.4) is 0 Å². The lowest BCUT2D eigenvalue weighted by Gasteiger charge is -2.12. The van der Waals surface area contributed by atoms with Crippen LogP contribution in [0.4, 0.5) is 0 Å². The van der Waals surface area contributed by atoms with Gasteiger partial charge in [0.15, 0.2) is 0 Å². The summed E-state index contributed by atoms with van der Waals surface area (Å²) in [6.07, 6.45) is 0. The first-order valence-electron chi connectivity index (χ1n) is 5.51. The summed E-state index contributed by atoms with van der Waals surface area (Å²) in [6.45, 7) is 1.95. The molecule has 0 aliphatic carbocycles. The highest BCUT2D eigenvalue weighted by Crippen LogP contribution is 2.33. The van der Waals surface area contributed by atoms with Crippen molar-refractivity contribution in [3.8, 4) is 11.5 Å². The van der Waals surface area contributed by atoms with Crippen molar-refractivity contribution in [3.05, 3.63) is 57.6 Å². The number of nitrogens with two attached hydrogens (primary N) is 1. The second-order valence-corrected chi connectivity index (χ2v) is 5.32. The first-order valence-corrected chi connectivity index (χ1v) is 6.67. The van der Waals surface area contributed by atoms with Crippen LogP contribution < -0.4 is 10.5 Å². The highest BCUT2D eigenvalue weighted by Gasteiger charge is 2.10. The van der Waals surface area contributed by atoms with Crippen LogP contribution in [0.15, 0.2) is 36.4 Å². The molecule has 0 atom stereocenters. The van der Waals surface area contributed by atoms with Crippen LogP contribution in [0.5, 0.6) is 11.5 Å². The first kappa shape index (κ1) is 14.1. The summed E-state index contributed by atoms with van der Waals surface area (Å²) in [4.78, 5) is 0.246. The van der Waals surface area contributed by atoms with E-state index in [-0.39, 0.29) is 4.99 Å². The quantitative estimate of drug-likeness (QED) is 0.832. The molecule has 2 nitrogen and oxygen atoms in total. The van der Waals surface area contributed by atoms with E-state index in [4.69, 9.17) is 45.9 Å². The van der Waals surface area contributed by atoms with Crippen molar-refractivity contribution in [1.29, 1.82) is 0 Å². The number of ether oxygens (including phenoxy) is 1. The molecule has 0 aliphatic heterocycles. The standard InChI is InChI=1S/C14H11Cl2NOS/c1-8-2-5-11(16)13(6-8)18-12-7-9(15)3-4-10(12)14(17)19/h2-7H,1H3,(H2,17,19). The van der Waals surface area contributed by atoms with Crippen molar-refractivity contribution in [2.75, 3.05) is 0 Å². The Bertz CT molecular complexity index is 643. The summed E-state index contributed by atoms with van der Waals surface area (Å²) < 4.78 is 5.78. The lowest BCUT2D eigenvalue weighted by Crippen LogP contribution is -2.10. The molecule has 0 aliphatic rings. The molecule has 0 spiro atoms. The van der Waals surface area contributed by atoms with Gasteiger partial charge in [0, 0.05) is 11.1 Å². The van der Waals surface area contributed by atoms with E-state index in [1.165, 1.54) is 0 Å². The van der Waals surface area contributed by atoms with Crippen LogP contribution in [-0.4, -0.2) is 4.99 Å². The number of halogens is 2. The van der Waals surface area contributed by atoms with Gasteiger partial charge < -0.3 is 10.5 Å². The van der Waals surface area contributed by atoms with Crippen LogP contribution in [0, 0.1) is 6.92 Å². The SMILES string of the molecule is Cc1ccc(Cl)c(Oc2cc(Cl)ccc2C(N)=S)c1. The lowest BCUT2D eigenvalue weighted by molar-refractivity contribution is 0.481. The molecule has 19 heavy (non-hydrogen) atoms. The summed E-state index contributed by atoms with van der Waals surface area (Å²) in [7, 11) is 0. The molecule has 5 heteroatoms. The van der Waals surface area contributed by atoms with Crippen molar-refractivity contribution in [2.24, 2.45) is 5.73 Å². The lowest BCUT2D eigenvalue weighted by atomic mass is 10.2. The van der Waals surface area contributed by atoms with E-state index in [1.807, 2.05) is 19.1 Å². The fraction of sp³-hybridized carbons (Fsp3) is 0.0714. The maximum Gasteiger partial charge on any atom is 0.146 e. The summed E-state index contributed by atoms with van der Waals surface area (Å²) in [5, 5.41) is 1.05. The predicted molar refractivity (Wildman–Crippen MR) is 83.6 cm³/mol. The van der Waals surface area contributed by atoms with Gasteiger partial charge in [0.1, 0.15) is 16.5 Å². The number of thiocarbonyl (C=S) groups is 1. The predicted octanol–water partition coefficient (Wildman–Crippen LogP) is 4.73. The normalized spacial score (nSPS) is 10.3. The Balaban J connectivity index is 2.45.